The number of carbonyl (C=O) groups excluding carboxylic acids is 1. The van der Waals surface area contributed by atoms with Crippen LogP contribution in [0.3, 0.4) is 0 Å². The van der Waals surface area contributed by atoms with E-state index < -0.39 is 23.4 Å². The number of ether oxygens (including phenoxy) is 2. The molecule has 0 bridgehead atoms. The van der Waals surface area contributed by atoms with Crippen LogP contribution >= 0.6 is 0 Å². The Labute approximate surface area is 168 Å². The molecule has 0 aromatic heterocycles. The third-order valence-corrected chi connectivity index (χ3v) is 5.00. The summed E-state index contributed by atoms with van der Waals surface area (Å²) >= 11 is 0. The number of nitrogens with zero attached hydrogens (tertiary/aromatic N) is 1. The number of benzene rings is 2. The van der Waals surface area contributed by atoms with Gasteiger partial charge in [-0.25, -0.2) is 13.6 Å². The first-order chi connectivity index (χ1) is 14.0. The zero-order valence-corrected chi connectivity index (χ0v) is 16.5. The Balaban J connectivity index is 1.70. The first-order valence-corrected chi connectivity index (χ1v) is 9.48. The summed E-state index contributed by atoms with van der Waals surface area (Å²) < 4.78 is 37.8. The molecular weight excluding hydrogens is 380 g/mol. The highest BCUT2D eigenvalue weighted by Gasteiger charge is 2.26. The quantitative estimate of drug-likeness (QED) is 0.733. The summed E-state index contributed by atoms with van der Waals surface area (Å²) in [5.41, 5.74) is 0.993. The predicted molar refractivity (Wildman–Crippen MR) is 106 cm³/mol. The Hall–Kier alpha value is -2.87. The Morgan fingerprint density at radius 3 is 2.38 bits per heavy atom. The first kappa shape index (κ1) is 20.9. The summed E-state index contributed by atoms with van der Waals surface area (Å²) in [7, 11) is 2.80. The summed E-state index contributed by atoms with van der Waals surface area (Å²) in [6.07, 6.45) is 2.20. The molecule has 0 spiro atoms. The zero-order chi connectivity index (χ0) is 20.8. The minimum absolute atomic E-state index is 0.00770. The molecule has 2 aromatic carbocycles. The van der Waals surface area contributed by atoms with Crippen molar-refractivity contribution in [2.24, 2.45) is 0 Å². The predicted octanol–water partition coefficient (Wildman–Crippen LogP) is 3.94. The number of carbonyl (C=O) groups is 1. The van der Waals surface area contributed by atoms with E-state index in [0.29, 0.717) is 6.54 Å². The van der Waals surface area contributed by atoms with E-state index in [1.807, 2.05) is 24.3 Å². The van der Waals surface area contributed by atoms with Gasteiger partial charge in [0.25, 0.3) is 0 Å². The van der Waals surface area contributed by atoms with Crippen molar-refractivity contribution in [2.75, 3.05) is 39.2 Å². The number of urea groups is 1. The van der Waals surface area contributed by atoms with Crippen LogP contribution in [-0.4, -0.2) is 44.8 Å². The highest BCUT2D eigenvalue weighted by atomic mass is 19.1. The van der Waals surface area contributed by atoms with Crippen LogP contribution in [0.25, 0.3) is 0 Å². The minimum atomic E-state index is -0.883. The second-order valence-corrected chi connectivity index (χ2v) is 6.81. The molecule has 1 fully saturated rings. The van der Waals surface area contributed by atoms with Gasteiger partial charge >= 0.3 is 6.03 Å². The van der Waals surface area contributed by atoms with Crippen LogP contribution in [0.5, 0.6) is 11.5 Å². The van der Waals surface area contributed by atoms with Crippen molar-refractivity contribution in [3.8, 4) is 11.5 Å². The lowest BCUT2D eigenvalue weighted by Crippen LogP contribution is -2.38. The third kappa shape index (κ3) is 4.95. The molecule has 8 heteroatoms. The average Bonchev–Trinajstić information content (AvgIpc) is 3.23. The van der Waals surface area contributed by atoms with Crippen molar-refractivity contribution in [3.63, 3.8) is 0 Å². The molecule has 1 heterocycles. The fourth-order valence-electron chi connectivity index (χ4n) is 3.62. The molecule has 6 nitrogen and oxygen atoms in total. The lowest BCUT2D eigenvalue weighted by atomic mass is 10.0. The van der Waals surface area contributed by atoms with E-state index in [1.165, 1.54) is 7.11 Å². The van der Waals surface area contributed by atoms with Crippen LogP contribution in [0.1, 0.15) is 24.4 Å². The van der Waals surface area contributed by atoms with Crippen molar-refractivity contribution in [1.29, 1.82) is 0 Å². The van der Waals surface area contributed by atoms with Gasteiger partial charge in [-0.05, 0) is 32.0 Å². The van der Waals surface area contributed by atoms with Crippen molar-refractivity contribution >= 4 is 11.7 Å². The van der Waals surface area contributed by atoms with Gasteiger partial charge in [0.15, 0.2) is 17.4 Å². The summed E-state index contributed by atoms with van der Waals surface area (Å²) in [6, 6.07) is 9.12. The summed E-state index contributed by atoms with van der Waals surface area (Å²) in [6.45, 7) is 2.19. The Bertz CT molecular complexity index is 834. The molecule has 1 saturated heterocycles. The number of para-hydroxylation sites is 1. The second kappa shape index (κ2) is 9.56. The molecule has 2 amide bonds. The molecule has 2 aromatic rings. The molecule has 1 atom stereocenters. The third-order valence-electron chi connectivity index (χ3n) is 5.00. The number of hydrogen-bond acceptors (Lipinski definition) is 4. The fourth-order valence-corrected chi connectivity index (χ4v) is 3.62. The van der Waals surface area contributed by atoms with Crippen molar-refractivity contribution in [1.82, 2.24) is 10.2 Å². The molecule has 1 unspecified atom stereocenters. The van der Waals surface area contributed by atoms with E-state index in [4.69, 9.17) is 4.74 Å². The van der Waals surface area contributed by atoms with Crippen molar-refractivity contribution in [2.45, 2.75) is 18.9 Å². The first-order valence-electron chi connectivity index (χ1n) is 9.48. The molecule has 156 valence electrons. The topological polar surface area (TPSA) is 62.8 Å². The van der Waals surface area contributed by atoms with E-state index in [-0.39, 0.29) is 11.7 Å². The van der Waals surface area contributed by atoms with Crippen LogP contribution < -0.4 is 20.1 Å². The molecule has 0 aliphatic carbocycles. The Morgan fingerprint density at radius 1 is 1.10 bits per heavy atom. The normalized spacial score (nSPS) is 15.0. The molecule has 1 aliphatic rings. The largest absolute Gasteiger partial charge is 0.496 e. The lowest BCUT2D eigenvalue weighted by Gasteiger charge is -2.29. The zero-order valence-electron chi connectivity index (χ0n) is 16.5. The van der Waals surface area contributed by atoms with Crippen molar-refractivity contribution < 1.29 is 23.0 Å². The number of hydrogen-bond donors (Lipinski definition) is 2. The molecular formula is C21H25F2N3O3. The van der Waals surface area contributed by atoms with E-state index in [0.717, 1.165) is 49.4 Å². The van der Waals surface area contributed by atoms with Crippen LogP contribution in [0.2, 0.25) is 0 Å². The summed E-state index contributed by atoms with van der Waals surface area (Å²) in [5.74, 6) is -1.49. The summed E-state index contributed by atoms with van der Waals surface area (Å²) in [4.78, 5) is 14.6. The molecule has 1 aliphatic heterocycles. The van der Waals surface area contributed by atoms with Gasteiger partial charge in [-0.1, -0.05) is 18.2 Å². The maximum Gasteiger partial charge on any atom is 0.319 e. The Morgan fingerprint density at radius 2 is 1.76 bits per heavy atom. The second-order valence-electron chi connectivity index (χ2n) is 6.81. The minimum Gasteiger partial charge on any atom is -0.496 e. The van der Waals surface area contributed by atoms with Gasteiger partial charge in [0, 0.05) is 29.9 Å². The standard InChI is InChI=1S/C21H25F2N3O3/c1-28-19-8-4-3-7-15(19)18(26-9-5-6-10-26)13-24-21(27)25-14-11-16(22)20(29-2)17(23)12-14/h3-4,7-8,11-12,18H,5-6,9-10,13H2,1-2H3,(H2,24,25,27). The maximum atomic E-state index is 13.8. The van der Waals surface area contributed by atoms with Gasteiger partial charge in [-0.2, -0.15) is 0 Å². The maximum absolute atomic E-state index is 13.8. The van der Waals surface area contributed by atoms with Gasteiger partial charge in [0.2, 0.25) is 0 Å². The number of rotatable bonds is 7. The van der Waals surface area contributed by atoms with Gasteiger partial charge in [0.1, 0.15) is 5.75 Å². The Kier molecular flexibility index (Phi) is 6.87. The molecule has 29 heavy (non-hydrogen) atoms. The average molecular weight is 405 g/mol. The number of amides is 2. The number of methoxy groups -OCH3 is 2. The SMILES string of the molecule is COc1ccccc1C(CNC(=O)Nc1cc(F)c(OC)c(F)c1)N1CCCC1. The molecule has 3 rings (SSSR count). The lowest BCUT2D eigenvalue weighted by molar-refractivity contribution is 0.224. The highest BCUT2D eigenvalue weighted by molar-refractivity contribution is 5.89. The van der Waals surface area contributed by atoms with Gasteiger partial charge in [-0.3, -0.25) is 4.90 Å². The van der Waals surface area contributed by atoms with Gasteiger partial charge in [-0.15, -0.1) is 0 Å². The van der Waals surface area contributed by atoms with E-state index >= 15 is 0 Å². The van der Waals surface area contributed by atoms with Crippen LogP contribution in [0.4, 0.5) is 19.3 Å². The number of anilines is 1. The van der Waals surface area contributed by atoms with E-state index in [1.54, 1.807) is 7.11 Å². The summed E-state index contributed by atoms with van der Waals surface area (Å²) in [5, 5.41) is 5.27. The number of halogens is 2. The van der Waals surface area contributed by atoms with Gasteiger partial charge in [0.05, 0.1) is 20.3 Å². The van der Waals surface area contributed by atoms with Crippen LogP contribution in [0.15, 0.2) is 36.4 Å². The van der Waals surface area contributed by atoms with Gasteiger partial charge < -0.3 is 20.1 Å². The molecule has 0 radical (unpaired) electrons. The monoisotopic (exact) mass is 405 g/mol. The van der Waals surface area contributed by atoms with Crippen molar-refractivity contribution in [3.05, 3.63) is 53.6 Å². The fraction of sp³-hybridized carbons (Fsp3) is 0.381. The van der Waals surface area contributed by atoms with Crippen LogP contribution in [-0.2, 0) is 0 Å². The van der Waals surface area contributed by atoms with Crippen LogP contribution in [0, 0.1) is 11.6 Å². The molecule has 0 saturated carbocycles. The highest BCUT2D eigenvalue weighted by Crippen LogP contribution is 2.31. The number of likely N-dealkylation sites (tertiary alicyclic amines) is 1. The smallest absolute Gasteiger partial charge is 0.319 e. The van der Waals surface area contributed by atoms with E-state index in [2.05, 4.69) is 20.3 Å². The van der Waals surface area contributed by atoms with E-state index in [9.17, 15) is 13.6 Å². The molecule has 2 N–H and O–H groups in total. The number of nitrogens with one attached hydrogen (secondary N) is 2.